The fourth-order valence-corrected chi connectivity index (χ4v) is 4.34. The summed E-state index contributed by atoms with van der Waals surface area (Å²) in [6.45, 7) is 4.40. The lowest BCUT2D eigenvalue weighted by molar-refractivity contribution is 0.0553. The van der Waals surface area contributed by atoms with E-state index in [1.807, 2.05) is 31.3 Å². The van der Waals surface area contributed by atoms with Crippen molar-refractivity contribution in [2.75, 3.05) is 34.4 Å². The van der Waals surface area contributed by atoms with Gasteiger partial charge in [-0.15, -0.1) is 0 Å². The normalized spacial score (nSPS) is 16.1. The number of ether oxygens (including phenoxy) is 2. The second-order valence-corrected chi connectivity index (χ2v) is 8.87. The molecule has 1 heterocycles. The predicted molar refractivity (Wildman–Crippen MR) is 122 cm³/mol. The quantitative estimate of drug-likeness (QED) is 0.569. The van der Waals surface area contributed by atoms with Crippen LogP contribution in [0.1, 0.15) is 49.2 Å². The van der Waals surface area contributed by atoms with E-state index in [0.29, 0.717) is 24.1 Å². The van der Waals surface area contributed by atoms with Gasteiger partial charge in [-0.05, 0) is 51.6 Å². The van der Waals surface area contributed by atoms with Crippen LogP contribution in [0.4, 0.5) is 0 Å². The van der Waals surface area contributed by atoms with Crippen LogP contribution in [-0.2, 0) is 13.1 Å². The van der Waals surface area contributed by atoms with E-state index < -0.39 is 6.10 Å². The number of aryl methyl sites for hydroxylation is 1. The van der Waals surface area contributed by atoms with Gasteiger partial charge in [-0.3, -0.25) is 4.90 Å². The van der Waals surface area contributed by atoms with Crippen LogP contribution >= 0.6 is 0 Å². The molecule has 7 nitrogen and oxygen atoms in total. The SMILES string of the molecule is COc1cc(CN(C)Cc2ncc(C)[nH]2)ccc1OCC(O)CN(C)C1CCCCC1. The van der Waals surface area contributed by atoms with E-state index >= 15 is 0 Å². The number of aliphatic hydroxyl groups is 1. The molecule has 31 heavy (non-hydrogen) atoms. The minimum absolute atomic E-state index is 0.254. The molecule has 1 aromatic heterocycles. The third-order valence-corrected chi connectivity index (χ3v) is 5.98. The molecule has 1 unspecified atom stereocenters. The number of likely N-dealkylation sites (N-methyl/N-ethyl adjacent to an activating group) is 1. The molecule has 0 spiro atoms. The van der Waals surface area contributed by atoms with Crippen LogP contribution in [0.5, 0.6) is 11.5 Å². The third-order valence-electron chi connectivity index (χ3n) is 5.98. The number of nitrogens with one attached hydrogen (secondary N) is 1. The lowest BCUT2D eigenvalue weighted by atomic mass is 9.94. The molecule has 2 aromatic rings. The van der Waals surface area contributed by atoms with Crippen molar-refractivity contribution >= 4 is 0 Å². The molecule has 1 aliphatic carbocycles. The number of aromatic amines is 1. The van der Waals surface area contributed by atoms with E-state index in [2.05, 4.69) is 33.9 Å². The first-order valence-electron chi connectivity index (χ1n) is 11.3. The Kier molecular flexibility index (Phi) is 8.75. The summed E-state index contributed by atoms with van der Waals surface area (Å²) in [7, 11) is 5.82. The Labute approximate surface area is 186 Å². The van der Waals surface area contributed by atoms with E-state index in [-0.39, 0.29) is 6.61 Å². The Bertz CT molecular complexity index is 804. The highest BCUT2D eigenvalue weighted by atomic mass is 16.5. The third kappa shape index (κ3) is 7.23. The summed E-state index contributed by atoms with van der Waals surface area (Å²) in [6, 6.07) is 6.55. The van der Waals surface area contributed by atoms with Crippen LogP contribution in [0.25, 0.3) is 0 Å². The zero-order valence-corrected chi connectivity index (χ0v) is 19.4. The van der Waals surface area contributed by atoms with Gasteiger partial charge >= 0.3 is 0 Å². The van der Waals surface area contributed by atoms with Crippen LogP contribution < -0.4 is 9.47 Å². The Morgan fingerprint density at radius 2 is 1.94 bits per heavy atom. The molecule has 7 heteroatoms. The number of hydrogen-bond acceptors (Lipinski definition) is 6. The van der Waals surface area contributed by atoms with Crippen LogP contribution in [0.15, 0.2) is 24.4 Å². The average molecular weight is 431 g/mol. The Balaban J connectivity index is 1.49. The summed E-state index contributed by atoms with van der Waals surface area (Å²) < 4.78 is 11.4. The topological polar surface area (TPSA) is 73.8 Å². The molecular weight excluding hydrogens is 392 g/mol. The van der Waals surface area contributed by atoms with Crippen LogP contribution in [0.2, 0.25) is 0 Å². The maximum Gasteiger partial charge on any atom is 0.161 e. The number of H-pyrrole nitrogens is 1. The monoisotopic (exact) mass is 430 g/mol. The fraction of sp³-hybridized carbons (Fsp3) is 0.625. The van der Waals surface area contributed by atoms with E-state index in [9.17, 15) is 5.11 Å². The minimum atomic E-state index is -0.529. The molecule has 3 rings (SSSR count). The van der Waals surface area contributed by atoms with Gasteiger partial charge in [0.2, 0.25) is 0 Å². The van der Waals surface area contributed by atoms with Crippen molar-refractivity contribution in [2.45, 2.75) is 64.3 Å². The van der Waals surface area contributed by atoms with E-state index in [1.54, 1.807) is 7.11 Å². The summed E-state index contributed by atoms with van der Waals surface area (Å²) >= 11 is 0. The summed E-state index contributed by atoms with van der Waals surface area (Å²) in [5.74, 6) is 2.31. The number of methoxy groups -OCH3 is 1. The van der Waals surface area contributed by atoms with Gasteiger partial charge in [-0.1, -0.05) is 25.3 Å². The summed E-state index contributed by atoms with van der Waals surface area (Å²) in [5, 5.41) is 10.5. The van der Waals surface area contributed by atoms with Gasteiger partial charge in [0.15, 0.2) is 11.5 Å². The molecule has 0 saturated heterocycles. The van der Waals surface area contributed by atoms with Crippen LogP contribution in [0.3, 0.4) is 0 Å². The maximum absolute atomic E-state index is 10.5. The molecule has 0 radical (unpaired) electrons. The molecule has 172 valence electrons. The first-order valence-corrected chi connectivity index (χ1v) is 11.3. The second-order valence-electron chi connectivity index (χ2n) is 8.87. The largest absolute Gasteiger partial charge is 0.493 e. The standard InChI is InChI=1S/C24H38N4O3/c1-18-13-25-24(26-18)16-27(2)14-19-10-11-22(23(12-19)30-4)31-17-21(29)15-28(3)20-8-6-5-7-9-20/h10-13,20-21,29H,5-9,14-17H2,1-4H3,(H,25,26). The highest BCUT2D eigenvalue weighted by Gasteiger charge is 2.20. The van der Waals surface area contributed by atoms with E-state index in [0.717, 1.165) is 30.2 Å². The van der Waals surface area contributed by atoms with Gasteiger partial charge in [0, 0.05) is 31.0 Å². The molecule has 2 N–H and O–H groups in total. The van der Waals surface area contributed by atoms with Gasteiger partial charge in [0.1, 0.15) is 18.5 Å². The highest BCUT2D eigenvalue weighted by molar-refractivity contribution is 5.43. The molecule has 1 saturated carbocycles. The predicted octanol–water partition coefficient (Wildman–Crippen LogP) is 3.36. The highest BCUT2D eigenvalue weighted by Crippen LogP contribution is 2.29. The van der Waals surface area contributed by atoms with Crippen molar-refractivity contribution in [3.8, 4) is 11.5 Å². The Hall–Kier alpha value is -2.09. The number of rotatable bonds is 11. The lowest BCUT2D eigenvalue weighted by Crippen LogP contribution is -2.40. The second kappa shape index (κ2) is 11.5. The Morgan fingerprint density at radius 1 is 1.16 bits per heavy atom. The van der Waals surface area contributed by atoms with E-state index in [4.69, 9.17) is 9.47 Å². The number of aliphatic hydroxyl groups excluding tert-OH is 1. The zero-order valence-electron chi connectivity index (χ0n) is 19.4. The molecule has 0 bridgehead atoms. The average Bonchev–Trinajstić information content (AvgIpc) is 3.17. The Morgan fingerprint density at radius 3 is 2.61 bits per heavy atom. The first-order chi connectivity index (χ1) is 14.9. The molecule has 0 aliphatic heterocycles. The van der Waals surface area contributed by atoms with Crippen LogP contribution in [-0.4, -0.2) is 71.4 Å². The van der Waals surface area contributed by atoms with Gasteiger partial charge < -0.3 is 24.5 Å². The van der Waals surface area contributed by atoms with Crippen molar-refractivity contribution in [3.05, 3.63) is 41.5 Å². The summed E-state index contributed by atoms with van der Waals surface area (Å²) in [4.78, 5) is 12.1. The van der Waals surface area contributed by atoms with Crippen molar-refractivity contribution < 1.29 is 14.6 Å². The smallest absolute Gasteiger partial charge is 0.161 e. The van der Waals surface area contributed by atoms with E-state index in [1.165, 1.54) is 32.1 Å². The lowest BCUT2D eigenvalue weighted by Gasteiger charge is -2.32. The fourth-order valence-electron chi connectivity index (χ4n) is 4.34. The molecule has 1 aliphatic rings. The van der Waals surface area contributed by atoms with Gasteiger partial charge in [-0.25, -0.2) is 4.98 Å². The first kappa shape index (κ1) is 23.6. The molecule has 1 fully saturated rings. The zero-order chi connectivity index (χ0) is 22.2. The summed E-state index contributed by atoms with van der Waals surface area (Å²) in [5.41, 5.74) is 2.20. The molecular formula is C24H38N4O3. The number of aromatic nitrogens is 2. The number of hydrogen-bond donors (Lipinski definition) is 2. The molecule has 0 amide bonds. The van der Waals surface area contributed by atoms with Crippen LogP contribution in [0, 0.1) is 6.92 Å². The van der Waals surface area contributed by atoms with Crippen molar-refractivity contribution in [2.24, 2.45) is 0 Å². The number of benzene rings is 1. The number of imidazole rings is 1. The van der Waals surface area contributed by atoms with Crippen molar-refractivity contribution in [1.82, 2.24) is 19.8 Å². The number of nitrogens with zero attached hydrogens (tertiary/aromatic N) is 3. The van der Waals surface area contributed by atoms with Crippen molar-refractivity contribution in [3.63, 3.8) is 0 Å². The minimum Gasteiger partial charge on any atom is -0.493 e. The molecule has 1 atom stereocenters. The van der Waals surface area contributed by atoms with Gasteiger partial charge in [-0.2, -0.15) is 0 Å². The van der Waals surface area contributed by atoms with Crippen molar-refractivity contribution in [1.29, 1.82) is 0 Å². The molecule has 1 aromatic carbocycles. The maximum atomic E-state index is 10.5. The summed E-state index contributed by atoms with van der Waals surface area (Å²) in [6.07, 6.45) is 7.70. The van der Waals surface area contributed by atoms with Gasteiger partial charge in [0.05, 0.1) is 13.7 Å². The van der Waals surface area contributed by atoms with Gasteiger partial charge in [0.25, 0.3) is 0 Å².